The summed E-state index contributed by atoms with van der Waals surface area (Å²) in [6.45, 7) is 8.85. The van der Waals surface area contributed by atoms with Crippen LogP contribution in [0.1, 0.15) is 32.3 Å². The van der Waals surface area contributed by atoms with E-state index in [9.17, 15) is 5.11 Å². The smallest absolute Gasteiger partial charge is 0.0566 e. The highest BCUT2D eigenvalue weighted by atomic mass is 16.3. The van der Waals surface area contributed by atoms with Crippen molar-refractivity contribution in [3.63, 3.8) is 0 Å². The van der Waals surface area contributed by atoms with Crippen LogP contribution in [0, 0.1) is 11.8 Å². The molecule has 0 aliphatic carbocycles. The Morgan fingerprint density at radius 2 is 2.00 bits per heavy atom. The number of rotatable bonds is 8. The molecule has 1 heterocycles. The number of nitrogens with zero attached hydrogens (tertiary/aromatic N) is 1. The molecule has 0 radical (unpaired) electrons. The summed E-state index contributed by atoms with van der Waals surface area (Å²) < 4.78 is 0. The van der Waals surface area contributed by atoms with Gasteiger partial charge in [0.15, 0.2) is 0 Å². The summed E-state index contributed by atoms with van der Waals surface area (Å²) in [4.78, 5) is 2.45. The Labute approximate surface area is 141 Å². The maximum absolute atomic E-state index is 10.2. The number of nitrogens with one attached hydrogen (secondary N) is 1. The number of nitrogens with two attached hydrogens (primary N) is 1. The molecule has 1 aromatic rings. The Balaban J connectivity index is 1.89. The molecule has 0 aromatic heterocycles. The van der Waals surface area contributed by atoms with Gasteiger partial charge in [-0.25, -0.2) is 0 Å². The Morgan fingerprint density at radius 3 is 2.65 bits per heavy atom. The first-order valence-corrected chi connectivity index (χ1v) is 8.96. The fourth-order valence-electron chi connectivity index (χ4n) is 3.46. The van der Waals surface area contributed by atoms with Crippen molar-refractivity contribution in [1.82, 2.24) is 10.2 Å². The van der Waals surface area contributed by atoms with E-state index in [1.807, 2.05) is 0 Å². The second-order valence-electron chi connectivity index (χ2n) is 7.26. The van der Waals surface area contributed by atoms with E-state index >= 15 is 0 Å². The molecule has 4 nitrogen and oxygen atoms in total. The van der Waals surface area contributed by atoms with E-state index in [4.69, 9.17) is 5.73 Å². The Bertz CT molecular complexity index is 438. The Hall–Kier alpha value is -0.940. The van der Waals surface area contributed by atoms with E-state index in [2.05, 4.69) is 54.4 Å². The third kappa shape index (κ3) is 6.22. The molecule has 3 unspecified atom stereocenters. The maximum Gasteiger partial charge on any atom is 0.0566 e. The Kier molecular flexibility index (Phi) is 7.50. The third-order valence-corrected chi connectivity index (χ3v) is 4.84. The number of aliphatic hydroxyl groups is 1. The minimum absolute atomic E-state index is 0.201. The summed E-state index contributed by atoms with van der Waals surface area (Å²) in [6.07, 6.45) is 1.83. The summed E-state index contributed by atoms with van der Waals surface area (Å²) in [6, 6.07) is 11.0. The van der Waals surface area contributed by atoms with E-state index in [0.717, 1.165) is 39.0 Å². The highest BCUT2D eigenvalue weighted by molar-refractivity contribution is 5.14. The summed E-state index contributed by atoms with van der Waals surface area (Å²) in [5.74, 6) is 0.872. The molecule has 1 aliphatic heterocycles. The topological polar surface area (TPSA) is 61.5 Å². The molecule has 130 valence electrons. The molecular weight excluding hydrogens is 286 g/mol. The van der Waals surface area contributed by atoms with E-state index in [-0.39, 0.29) is 6.10 Å². The standard InChI is InChI=1S/C19H33N3O/c1-15(2)19(23)11-17-10-18(14-22(13-17)9-8-20)21-12-16-6-4-3-5-7-16/h3-7,15,17-19,21,23H,8-14,20H2,1-2H3. The highest BCUT2D eigenvalue weighted by Crippen LogP contribution is 2.24. The van der Waals surface area contributed by atoms with Crippen LogP contribution < -0.4 is 11.1 Å². The monoisotopic (exact) mass is 319 g/mol. The van der Waals surface area contributed by atoms with Crippen LogP contribution in [-0.2, 0) is 6.54 Å². The van der Waals surface area contributed by atoms with Crippen molar-refractivity contribution in [3.05, 3.63) is 35.9 Å². The van der Waals surface area contributed by atoms with Gasteiger partial charge in [0.2, 0.25) is 0 Å². The zero-order chi connectivity index (χ0) is 16.7. The SMILES string of the molecule is CC(C)C(O)CC1CC(NCc2ccccc2)CN(CCN)C1. The minimum Gasteiger partial charge on any atom is -0.393 e. The molecule has 4 N–H and O–H groups in total. The van der Waals surface area contributed by atoms with Gasteiger partial charge in [-0.1, -0.05) is 44.2 Å². The van der Waals surface area contributed by atoms with E-state index < -0.39 is 0 Å². The van der Waals surface area contributed by atoms with Crippen LogP contribution in [0.2, 0.25) is 0 Å². The minimum atomic E-state index is -0.201. The van der Waals surface area contributed by atoms with E-state index in [1.165, 1.54) is 5.56 Å². The molecule has 1 saturated heterocycles. The van der Waals surface area contributed by atoms with Crippen molar-refractivity contribution in [2.24, 2.45) is 17.6 Å². The molecule has 0 saturated carbocycles. The summed E-state index contributed by atoms with van der Waals surface area (Å²) in [5.41, 5.74) is 7.07. The maximum atomic E-state index is 10.2. The highest BCUT2D eigenvalue weighted by Gasteiger charge is 2.28. The number of likely N-dealkylation sites (tertiary alicyclic amines) is 1. The normalized spacial score (nSPS) is 24.0. The molecule has 1 aromatic carbocycles. The lowest BCUT2D eigenvalue weighted by Crippen LogP contribution is -2.50. The zero-order valence-corrected chi connectivity index (χ0v) is 14.6. The number of hydrogen-bond acceptors (Lipinski definition) is 4. The lowest BCUT2D eigenvalue weighted by molar-refractivity contribution is 0.0623. The number of aliphatic hydroxyl groups excluding tert-OH is 1. The fourth-order valence-corrected chi connectivity index (χ4v) is 3.46. The van der Waals surface area contributed by atoms with Crippen LogP contribution in [-0.4, -0.2) is 48.3 Å². The zero-order valence-electron chi connectivity index (χ0n) is 14.6. The van der Waals surface area contributed by atoms with Gasteiger partial charge in [-0.3, -0.25) is 0 Å². The first-order valence-electron chi connectivity index (χ1n) is 8.96. The van der Waals surface area contributed by atoms with Crippen molar-refractivity contribution < 1.29 is 5.11 Å². The predicted octanol–water partition coefficient (Wildman–Crippen LogP) is 1.83. The molecule has 0 spiro atoms. The molecule has 1 aliphatic rings. The predicted molar refractivity (Wildman–Crippen MR) is 96.1 cm³/mol. The lowest BCUT2D eigenvalue weighted by Gasteiger charge is -2.39. The van der Waals surface area contributed by atoms with Gasteiger partial charge in [0.1, 0.15) is 0 Å². The molecule has 23 heavy (non-hydrogen) atoms. The second-order valence-corrected chi connectivity index (χ2v) is 7.26. The van der Waals surface area contributed by atoms with Gasteiger partial charge in [0, 0.05) is 38.8 Å². The van der Waals surface area contributed by atoms with Crippen molar-refractivity contribution in [3.8, 4) is 0 Å². The van der Waals surface area contributed by atoms with Gasteiger partial charge in [0.25, 0.3) is 0 Å². The molecule has 2 rings (SSSR count). The Morgan fingerprint density at radius 1 is 1.26 bits per heavy atom. The van der Waals surface area contributed by atoms with Gasteiger partial charge in [-0.05, 0) is 30.2 Å². The fraction of sp³-hybridized carbons (Fsp3) is 0.684. The summed E-state index contributed by atoms with van der Waals surface area (Å²) >= 11 is 0. The van der Waals surface area contributed by atoms with E-state index in [0.29, 0.717) is 24.4 Å². The molecular formula is C19H33N3O. The van der Waals surface area contributed by atoms with Crippen molar-refractivity contribution in [2.75, 3.05) is 26.2 Å². The third-order valence-electron chi connectivity index (χ3n) is 4.84. The van der Waals surface area contributed by atoms with Crippen LogP contribution in [0.4, 0.5) is 0 Å². The van der Waals surface area contributed by atoms with E-state index in [1.54, 1.807) is 0 Å². The van der Waals surface area contributed by atoms with Crippen LogP contribution in [0.15, 0.2) is 30.3 Å². The summed E-state index contributed by atoms with van der Waals surface area (Å²) in [7, 11) is 0. The van der Waals surface area contributed by atoms with Gasteiger partial charge < -0.3 is 21.1 Å². The van der Waals surface area contributed by atoms with Crippen LogP contribution >= 0.6 is 0 Å². The lowest BCUT2D eigenvalue weighted by atomic mass is 9.86. The molecule has 0 bridgehead atoms. The van der Waals surface area contributed by atoms with Crippen molar-refractivity contribution >= 4 is 0 Å². The van der Waals surface area contributed by atoms with Crippen LogP contribution in [0.3, 0.4) is 0 Å². The number of hydrogen-bond donors (Lipinski definition) is 3. The van der Waals surface area contributed by atoms with Gasteiger partial charge in [0.05, 0.1) is 6.10 Å². The average Bonchev–Trinajstić information content (AvgIpc) is 2.54. The number of benzene rings is 1. The first kappa shape index (κ1) is 18.4. The molecule has 1 fully saturated rings. The van der Waals surface area contributed by atoms with Crippen molar-refractivity contribution in [2.45, 2.75) is 45.4 Å². The summed E-state index contributed by atoms with van der Waals surface area (Å²) in [5, 5.41) is 13.9. The number of piperidine rings is 1. The van der Waals surface area contributed by atoms with Crippen molar-refractivity contribution in [1.29, 1.82) is 0 Å². The largest absolute Gasteiger partial charge is 0.393 e. The van der Waals surface area contributed by atoms with Crippen LogP contribution in [0.25, 0.3) is 0 Å². The van der Waals surface area contributed by atoms with Gasteiger partial charge >= 0.3 is 0 Å². The molecule has 3 atom stereocenters. The quantitative estimate of drug-likeness (QED) is 0.684. The second kappa shape index (κ2) is 9.38. The molecule has 0 amide bonds. The average molecular weight is 319 g/mol. The van der Waals surface area contributed by atoms with Crippen LogP contribution in [0.5, 0.6) is 0 Å². The molecule has 4 heteroatoms. The van der Waals surface area contributed by atoms with Gasteiger partial charge in [-0.15, -0.1) is 0 Å². The van der Waals surface area contributed by atoms with Gasteiger partial charge in [-0.2, -0.15) is 0 Å². The first-order chi connectivity index (χ1) is 11.1.